The van der Waals surface area contributed by atoms with Gasteiger partial charge in [-0.25, -0.2) is 4.98 Å². The maximum Gasteiger partial charge on any atom is 0.192 e. The fraction of sp³-hybridized carbons (Fsp3) is 0.462. The van der Waals surface area contributed by atoms with Crippen LogP contribution in [0.25, 0.3) is 11.1 Å². The molecule has 0 aliphatic rings. The van der Waals surface area contributed by atoms with Crippen LogP contribution in [0.15, 0.2) is 22.6 Å². The SMILES string of the molecule is Cc1nc2cc(CNC(CO)CCO)ccc2o1. The molecule has 1 heterocycles. The van der Waals surface area contributed by atoms with Crippen LogP contribution in [0.4, 0.5) is 0 Å². The molecule has 1 atom stereocenters. The smallest absolute Gasteiger partial charge is 0.192 e. The van der Waals surface area contributed by atoms with E-state index < -0.39 is 0 Å². The van der Waals surface area contributed by atoms with Gasteiger partial charge in [-0.1, -0.05) is 6.07 Å². The van der Waals surface area contributed by atoms with Crippen molar-refractivity contribution < 1.29 is 14.6 Å². The van der Waals surface area contributed by atoms with Gasteiger partial charge in [0.05, 0.1) is 6.61 Å². The van der Waals surface area contributed by atoms with Crippen LogP contribution >= 0.6 is 0 Å². The molecule has 2 aromatic rings. The Balaban J connectivity index is 2.02. The number of fused-ring (bicyclic) bond motifs is 1. The van der Waals surface area contributed by atoms with E-state index in [1.807, 2.05) is 25.1 Å². The summed E-state index contributed by atoms with van der Waals surface area (Å²) < 4.78 is 5.40. The number of aryl methyl sites for hydroxylation is 1. The van der Waals surface area contributed by atoms with Crippen molar-refractivity contribution in [3.8, 4) is 0 Å². The number of nitrogens with zero attached hydrogens (tertiary/aromatic N) is 1. The minimum Gasteiger partial charge on any atom is -0.441 e. The van der Waals surface area contributed by atoms with E-state index in [0.29, 0.717) is 18.9 Å². The molecule has 5 heteroatoms. The van der Waals surface area contributed by atoms with E-state index in [9.17, 15) is 0 Å². The van der Waals surface area contributed by atoms with Gasteiger partial charge in [0.1, 0.15) is 5.52 Å². The summed E-state index contributed by atoms with van der Waals surface area (Å²) in [6.07, 6.45) is 0.543. The molecule has 0 radical (unpaired) electrons. The highest BCUT2D eigenvalue weighted by Crippen LogP contribution is 2.16. The summed E-state index contributed by atoms with van der Waals surface area (Å²) in [4.78, 5) is 4.27. The molecule has 1 unspecified atom stereocenters. The predicted molar refractivity (Wildman–Crippen MR) is 68.2 cm³/mol. The van der Waals surface area contributed by atoms with E-state index in [2.05, 4.69) is 10.3 Å². The maximum absolute atomic E-state index is 9.11. The second-order valence-corrected chi connectivity index (χ2v) is 4.31. The van der Waals surface area contributed by atoms with E-state index in [0.717, 1.165) is 16.7 Å². The number of aliphatic hydroxyl groups excluding tert-OH is 2. The number of rotatable bonds is 6. The first-order valence-corrected chi connectivity index (χ1v) is 6.04. The first-order chi connectivity index (χ1) is 8.72. The Morgan fingerprint density at radius 2 is 2.22 bits per heavy atom. The Hall–Kier alpha value is -1.43. The number of aromatic nitrogens is 1. The zero-order valence-corrected chi connectivity index (χ0v) is 10.4. The fourth-order valence-electron chi connectivity index (χ4n) is 1.87. The Labute approximate surface area is 105 Å². The first kappa shape index (κ1) is 13.0. The van der Waals surface area contributed by atoms with Crippen molar-refractivity contribution in [1.29, 1.82) is 0 Å². The average molecular weight is 250 g/mol. The van der Waals surface area contributed by atoms with Crippen LogP contribution in [-0.4, -0.2) is 34.5 Å². The number of oxazole rings is 1. The molecule has 5 nitrogen and oxygen atoms in total. The number of hydrogen-bond donors (Lipinski definition) is 3. The van der Waals surface area contributed by atoms with Crippen LogP contribution < -0.4 is 5.32 Å². The Kier molecular flexibility index (Phi) is 4.30. The molecule has 3 N–H and O–H groups in total. The van der Waals surface area contributed by atoms with Crippen LogP contribution in [-0.2, 0) is 6.54 Å². The van der Waals surface area contributed by atoms with E-state index in [4.69, 9.17) is 14.6 Å². The van der Waals surface area contributed by atoms with E-state index in [-0.39, 0.29) is 19.3 Å². The molecule has 0 amide bonds. The lowest BCUT2D eigenvalue weighted by atomic mass is 10.1. The minimum absolute atomic E-state index is 0.0197. The maximum atomic E-state index is 9.11. The average Bonchev–Trinajstić information content (AvgIpc) is 2.73. The lowest BCUT2D eigenvalue weighted by Gasteiger charge is -2.14. The molecule has 18 heavy (non-hydrogen) atoms. The number of benzene rings is 1. The topological polar surface area (TPSA) is 78.5 Å². The number of hydrogen-bond acceptors (Lipinski definition) is 5. The van der Waals surface area contributed by atoms with Gasteiger partial charge in [-0.2, -0.15) is 0 Å². The molecule has 0 aliphatic carbocycles. The summed E-state index contributed by atoms with van der Waals surface area (Å²) in [5.74, 6) is 0.656. The van der Waals surface area contributed by atoms with Crippen molar-refractivity contribution in [2.45, 2.75) is 25.9 Å². The van der Waals surface area contributed by atoms with Crippen molar-refractivity contribution in [3.05, 3.63) is 29.7 Å². The summed E-state index contributed by atoms with van der Waals surface area (Å²) in [6, 6.07) is 5.75. The standard InChI is InChI=1S/C13H18N2O3/c1-9-15-12-6-10(2-3-13(12)18-9)7-14-11(8-17)4-5-16/h2-3,6,11,14,16-17H,4-5,7-8H2,1H3. The van der Waals surface area contributed by atoms with E-state index >= 15 is 0 Å². The summed E-state index contributed by atoms with van der Waals surface area (Å²) in [5, 5.41) is 21.1. The summed E-state index contributed by atoms with van der Waals surface area (Å²) in [7, 11) is 0. The van der Waals surface area contributed by atoms with Crippen LogP contribution in [0.3, 0.4) is 0 Å². The Morgan fingerprint density at radius 1 is 1.39 bits per heavy atom. The zero-order valence-electron chi connectivity index (χ0n) is 10.4. The second-order valence-electron chi connectivity index (χ2n) is 4.31. The van der Waals surface area contributed by atoms with Gasteiger partial charge in [-0.05, 0) is 24.1 Å². The third-order valence-corrected chi connectivity index (χ3v) is 2.85. The molecule has 98 valence electrons. The summed E-state index contributed by atoms with van der Waals surface area (Å²) >= 11 is 0. The van der Waals surface area contributed by atoms with Gasteiger partial charge in [-0.15, -0.1) is 0 Å². The quantitative estimate of drug-likeness (QED) is 0.712. The fourth-order valence-corrected chi connectivity index (χ4v) is 1.87. The predicted octanol–water partition coefficient (Wildman–Crippen LogP) is 0.969. The van der Waals surface area contributed by atoms with Gasteiger partial charge in [0.2, 0.25) is 0 Å². The van der Waals surface area contributed by atoms with Gasteiger partial charge in [-0.3, -0.25) is 0 Å². The molecule has 0 fully saturated rings. The molecular weight excluding hydrogens is 232 g/mol. The lowest BCUT2D eigenvalue weighted by molar-refractivity contribution is 0.200. The van der Waals surface area contributed by atoms with Crippen LogP contribution in [0.1, 0.15) is 17.9 Å². The van der Waals surface area contributed by atoms with Crippen molar-refractivity contribution >= 4 is 11.1 Å². The van der Waals surface area contributed by atoms with Crippen molar-refractivity contribution in [2.24, 2.45) is 0 Å². The van der Waals surface area contributed by atoms with Gasteiger partial charge < -0.3 is 19.9 Å². The molecule has 0 saturated carbocycles. The highest BCUT2D eigenvalue weighted by Gasteiger charge is 2.07. The van der Waals surface area contributed by atoms with Gasteiger partial charge in [0.25, 0.3) is 0 Å². The monoisotopic (exact) mass is 250 g/mol. The molecule has 1 aromatic heterocycles. The van der Waals surface area contributed by atoms with Gasteiger partial charge >= 0.3 is 0 Å². The van der Waals surface area contributed by atoms with Crippen LogP contribution in [0, 0.1) is 6.92 Å². The summed E-state index contributed by atoms with van der Waals surface area (Å²) in [5.41, 5.74) is 2.70. The lowest BCUT2D eigenvalue weighted by Crippen LogP contribution is -2.32. The molecule has 0 aliphatic heterocycles. The minimum atomic E-state index is -0.0789. The highest BCUT2D eigenvalue weighted by atomic mass is 16.3. The molecular formula is C13H18N2O3. The van der Waals surface area contributed by atoms with Crippen LogP contribution in [0.2, 0.25) is 0 Å². The molecule has 0 spiro atoms. The highest BCUT2D eigenvalue weighted by molar-refractivity contribution is 5.73. The van der Waals surface area contributed by atoms with Crippen LogP contribution in [0.5, 0.6) is 0 Å². The molecule has 1 aromatic carbocycles. The second kappa shape index (κ2) is 5.95. The van der Waals surface area contributed by atoms with Crippen molar-refractivity contribution in [2.75, 3.05) is 13.2 Å². The largest absolute Gasteiger partial charge is 0.441 e. The Bertz CT molecular complexity index is 510. The van der Waals surface area contributed by atoms with Crippen molar-refractivity contribution in [1.82, 2.24) is 10.3 Å². The molecule has 0 bridgehead atoms. The molecule has 0 saturated heterocycles. The van der Waals surface area contributed by atoms with E-state index in [1.165, 1.54) is 0 Å². The first-order valence-electron chi connectivity index (χ1n) is 6.04. The molecule has 2 rings (SSSR count). The number of nitrogens with one attached hydrogen (secondary N) is 1. The van der Waals surface area contributed by atoms with Gasteiger partial charge in [0, 0.05) is 26.1 Å². The Morgan fingerprint density at radius 3 is 2.94 bits per heavy atom. The third-order valence-electron chi connectivity index (χ3n) is 2.85. The normalized spacial score (nSPS) is 13.1. The third kappa shape index (κ3) is 3.07. The summed E-state index contributed by atoms with van der Waals surface area (Å²) in [6.45, 7) is 2.54. The number of aliphatic hydroxyl groups is 2. The van der Waals surface area contributed by atoms with Crippen molar-refractivity contribution in [3.63, 3.8) is 0 Å². The van der Waals surface area contributed by atoms with E-state index in [1.54, 1.807) is 0 Å². The van der Waals surface area contributed by atoms with Gasteiger partial charge in [0.15, 0.2) is 11.5 Å². The zero-order chi connectivity index (χ0) is 13.0.